The number of nitrogens with zero attached hydrogens (tertiary/aromatic N) is 4. The van der Waals surface area contributed by atoms with Gasteiger partial charge in [0.25, 0.3) is 5.56 Å². The zero-order valence-corrected chi connectivity index (χ0v) is 18.0. The Bertz CT molecular complexity index is 1270. The Labute approximate surface area is 174 Å². The molecule has 2 heterocycles. The second-order valence-electron chi connectivity index (χ2n) is 8.05. The van der Waals surface area contributed by atoms with E-state index in [2.05, 4.69) is 10.1 Å². The maximum Gasteiger partial charge on any atom is 0.279 e. The van der Waals surface area contributed by atoms with Crippen LogP contribution in [0, 0.1) is 0 Å². The highest BCUT2D eigenvalue weighted by Gasteiger charge is 2.29. The Morgan fingerprint density at radius 1 is 1.30 bits per heavy atom. The van der Waals surface area contributed by atoms with E-state index in [1.807, 2.05) is 24.6 Å². The van der Waals surface area contributed by atoms with Crippen molar-refractivity contribution in [3.8, 4) is 0 Å². The topological polar surface area (TPSA) is 122 Å². The normalized spacial score (nSPS) is 14.7. The molecule has 10 heteroatoms. The zero-order valence-electron chi connectivity index (χ0n) is 17.2. The lowest BCUT2D eigenvalue weighted by Gasteiger charge is -2.14. The molecule has 0 bridgehead atoms. The first kappa shape index (κ1) is 20.7. The molecule has 2 aromatic heterocycles. The van der Waals surface area contributed by atoms with Gasteiger partial charge in [-0.15, -0.1) is 5.10 Å². The summed E-state index contributed by atoms with van der Waals surface area (Å²) >= 11 is 0. The van der Waals surface area contributed by atoms with Gasteiger partial charge >= 0.3 is 0 Å². The third-order valence-electron chi connectivity index (χ3n) is 5.25. The monoisotopic (exact) mass is 431 g/mol. The Morgan fingerprint density at radius 2 is 2.03 bits per heavy atom. The van der Waals surface area contributed by atoms with Gasteiger partial charge in [0.1, 0.15) is 0 Å². The van der Waals surface area contributed by atoms with E-state index in [0.29, 0.717) is 35.2 Å². The molecule has 0 spiro atoms. The van der Waals surface area contributed by atoms with Crippen molar-refractivity contribution in [2.24, 2.45) is 5.14 Å². The van der Waals surface area contributed by atoms with Crippen molar-refractivity contribution in [2.45, 2.75) is 56.6 Å². The second kappa shape index (κ2) is 7.60. The lowest BCUT2D eigenvalue weighted by molar-refractivity contribution is 0.182. The Balaban J connectivity index is 1.82. The summed E-state index contributed by atoms with van der Waals surface area (Å²) in [4.78, 5) is 17.5. The number of nitrogens with two attached hydrogens (primary N) is 1. The smallest absolute Gasteiger partial charge is 0.279 e. The van der Waals surface area contributed by atoms with Crippen LogP contribution in [-0.4, -0.2) is 34.7 Å². The number of benzene rings is 1. The molecule has 0 atom stereocenters. The van der Waals surface area contributed by atoms with Crippen molar-refractivity contribution in [3.05, 3.63) is 57.3 Å². The molecule has 4 rings (SSSR count). The van der Waals surface area contributed by atoms with Gasteiger partial charge < -0.3 is 9.30 Å². The maximum absolute atomic E-state index is 12.9. The minimum atomic E-state index is -3.86. The van der Waals surface area contributed by atoms with Gasteiger partial charge in [-0.25, -0.2) is 13.6 Å². The van der Waals surface area contributed by atoms with E-state index >= 15 is 0 Å². The molecule has 3 aromatic rings. The second-order valence-corrected chi connectivity index (χ2v) is 9.58. The maximum atomic E-state index is 12.9. The lowest BCUT2D eigenvalue weighted by atomic mass is 10.1. The van der Waals surface area contributed by atoms with Gasteiger partial charge in [0, 0.05) is 24.8 Å². The molecule has 1 aliphatic rings. The first-order chi connectivity index (χ1) is 14.2. The molecule has 0 radical (unpaired) electrons. The van der Waals surface area contributed by atoms with Crippen LogP contribution in [0.1, 0.15) is 61.0 Å². The van der Waals surface area contributed by atoms with Crippen molar-refractivity contribution in [1.82, 2.24) is 19.2 Å². The number of sulfonamides is 1. The van der Waals surface area contributed by atoms with Gasteiger partial charge in [-0.05, 0) is 36.0 Å². The minimum absolute atomic E-state index is 0.0236. The van der Waals surface area contributed by atoms with Crippen LogP contribution < -0.4 is 10.7 Å². The van der Waals surface area contributed by atoms with Gasteiger partial charge in [0.2, 0.25) is 15.8 Å². The van der Waals surface area contributed by atoms with Gasteiger partial charge in [-0.3, -0.25) is 4.79 Å². The fourth-order valence-corrected chi connectivity index (χ4v) is 4.29. The predicted molar refractivity (Wildman–Crippen MR) is 111 cm³/mol. The highest BCUT2D eigenvalue weighted by molar-refractivity contribution is 7.89. The molecule has 1 saturated carbocycles. The van der Waals surface area contributed by atoms with Crippen molar-refractivity contribution < 1.29 is 13.2 Å². The third-order valence-corrected chi connectivity index (χ3v) is 6.26. The summed E-state index contributed by atoms with van der Waals surface area (Å²) in [5.41, 5.74) is 1.82. The molecule has 160 valence electrons. The van der Waals surface area contributed by atoms with Crippen LogP contribution in [0.4, 0.5) is 0 Å². The molecule has 0 unspecified atom stereocenters. The number of ether oxygens (including phenoxy) is 1. The van der Waals surface area contributed by atoms with Crippen LogP contribution in [-0.2, 0) is 27.9 Å². The van der Waals surface area contributed by atoms with E-state index in [1.165, 1.54) is 17.7 Å². The summed E-state index contributed by atoms with van der Waals surface area (Å²) in [6.07, 6.45) is 3.90. The molecule has 1 fully saturated rings. The molecule has 1 aromatic carbocycles. The van der Waals surface area contributed by atoms with Crippen LogP contribution in [0.5, 0.6) is 0 Å². The molecular formula is C20H25N5O4S. The summed E-state index contributed by atoms with van der Waals surface area (Å²) in [6.45, 7) is 4.44. The van der Waals surface area contributed by atoms with Gasteiger partial charge in [-0.1, -0.05) is 26.0 Å². The fraction of sp³-hybridized carbons (Fsp3) is 0.450. The highest BCUT2D eigenvalue weighted by Crippen LogP contribution is 2.38. The Kier molecular flexibility index (Phi) is 5.25. The number of primary sulfonamides is 1. The van der Waals surface area contributed by atoms with E-state index in [1.54, 1.807) is 12.1 Å². The average Bonchev–Trinajstić information content (AvgIpc) is 3.41. The number of methoxy groups -OCH3 is 1. The quantitative estimate of drug-likeness (QED) is 0.608. The first-order valence-corrected chi connectivity index (χ1v) is 11.4. The third kappa shape index (κ3) is 3.90. The van der Waals surface area contributed by atoms with E-state index in [-0.39, 0.29) is 23.0 Å². The molecule has 2 N–H and O–H groups in total. The van der Waals surface area contributed by atoms with Crippen LogP contribution in [0.25, 0.3) is 5.78 Å². The van der Waals surface area contributed by atoms with Crippen LogP contribution in [0.15, 0.2) is 34.1 Å². The van der Waals surface area contributed by atoms with Crippen molar-refractivity contribution in [2.75, 3.05) is 7.11 Å². The lowest BCUT2D eigenvalue weighted by Crippen LogP contribution is -2.24. The molecule has 1 aliphatic carbocycles. The zero-order chi connectivity index (χ0) is 21.6. The van der Waals surface area contributed by atoms with Gasteiger partial charge in [0.15, 0.2) is 5.82 Å². The Morgan fingerprint density at radius 3 is 2.63 bits per heavy atom. The minimum Gasteiger partial charge on any atom is -0.380 e. The molecule has 30 heavy (non-hydrogen) atoms. The van der Waals surface area contributed by atoms with E-state index in [4.69, 9.17) is 9.88 Å². The first-order valence-electron chi connectivity index (χ1n) is 9.82. The summed E-state index contributed by atoms with van der Waals surface area (Å²) in [5, 5.41) is 9.80. The molecule has 9 nitrogen and oxygen atoms in total. The summed E-state index contributed by atoms with van der Waals surface area (Å²) < 4.78 is 32.1. The van der Waals surface area contributed by atoms with E-state index in [0.717, 1.165) is 18.4 Å². The van der Waals surface area contributed by atoms with Gasteiger partial charge in [-0.2, -0.15) is 9.50 Å². The largest absolute Gasteiger partial charge is 0.380 e. The van der Waals surface area contributed by atoms with Crippen LogP contribution in [0.2, 0.25) is 0 Å². The standard InChI is InChI=1S/C20H25N5O4S/c1-12(2)16-10-24(20-22-18(14-5-6-14)23-25(20)19(16)26)9-13-4-7-17(30(21,27)28)15(8-13)11-29-3/h4,7-8,10,12,14H,5-6,9,11H2,1-3H3,(H2,21,27,28). The Hall–Kier alpha value is -2.56. The van der Waals surface area contributed by atoms with Crippen molar-refractivity contribution in [1.29, 1.82) is 0 Å². The fourth-order valence-electron chi connectivity index (χ4n) is 3.55. The van der Waals surface area contributed by atoms with Crippen LogP contribution >= 0.6 is 0 Å². The summed E-state index contributed by atoms with van der Waals surface area (Å²) in [7, 11) is -2.36. The van der Waals surface area contributed by atoms with Crippen molar-refractivity contribution in [3.63, 3.8) is 0 Å². The average molecular weight is 432 g/mol. The van der Waals surface area contributed by atoms with E-state index < -0.39 is 10.0 Å². The number of hydrogen-bond acceptors (Lipinski definition) is 6. The number of aromatic nitrogens is 4. The molecule has 0 saturated heterocycles. The molecule has 0 aliphatic heterocycles. The molecule has 0 amide bonds. The number of hydrogen-bond donors (Lipinski definition) is 1. The van der Waals surface area contributed by atoms with Crippen LogP contribution in [0.3, 0.4) is 0 Å². The highest BCUT2D eigenvalue weighted by atomic mass is 32.2. The summed E-state index contributed by atoms with van der Waals surface area (Å²) in [5.74, 6) is 1.53. The summed E-state index contributed by atoms with van der Waals surface area (Å²) in [6, 6.07) is 4.95. The number of fused-ring (bicyclic) bond motifs is 1. The number of rotatable bonds is 7. The molecular weight excluding hydrogens is 406 g/mol. The SMILES string of the molecule is COCc1cc(Cn2cc(C(C)C)c(=O)n3nc(C4CC4)nc23)ccc1S(N)(=O)=O. The van der Waals surface area contributed by atoms with Crippen molar-refractivity contribution >= 4 is 15.8 Å². The van der Waals surface area contributed by atoms with E-state index in [9.17, 15) is 13.2 Å². The van der Waals surface area contributed by atoms with Gasteiger partial charge in [0.05, 0.1) is 18.0 Å². The predicted octanol–water partition coefficient (Wildman–Crippen LogP) is 1.73.